The molecule has 9 heterocycles. The van der Waals surface area contributed by atoms with Crippen LogP contribution in [-0.2, 0) is 0 Å². The highest BCUT2D eigenvalue weighted by molar-refractivity contribution is 6.05. The first-order valence-electron chi connectivity index (χ1n) is 27.8. The number of fused-ring (bicyclic) bond motifs is 11. The number of aryl methyl sites for hydroxylation is 1. The number of rotatable bonds is 5. The molecule has 0 aliphatic heterocycles. The van der Waals surface area contributed by atoms with Gasteiger partial charge in [-0.2, -0.15) is 4.98 Å². The summed E-state index contributed by atoms with van der Waals surface area (Å²) < 4.78 is 8.32. The van der Waals surface area contributed by atoms with Gasteiger partial charge in [-0.15, -0.1) is 0 Å². The van der Waals surface area contributed by atoms with Crippen LogP contribution in [0.25, 0.3) is 98.6 Å². The number of aromatic nitrogens is 18. The van der Waals surface area contributed by atoms with E-state index < -0.39 is 11.4 Å². The number of H-pyrrole nitrogens is 4. The second-order valence-corrected chi connectivity index (χ2v) is 22.1. The average molecular weight is 1160 g/mol. The summed E-state index contributed by atoms with van der Waals surface area (Å²) in [6.07, 6.45) is 10.4. The molecule has 0 fully saturated rings. The van der Waals surface area contributed by atoms with Gasteiger partial charge in [-0.3, -0.25) is 19.6 Å². The highest BCUT2D eigenvalue weighted by atomic mass is 16.2. The van der Waals surface area contributed by atoms with E-state index in [2.05, 4.69) is 134 Å². The molecule has 0 bridgehead atoms. The van der Waals surface area contributed by atoms with Crippen LogP contribution in [0, 0.1) is 6.92 Å². The monoisotopic (exact) mass is 1160 g/mol. The van der Waals surface area contributed by atoms with Crippen molar-refractivity contribution in [1.29, 1.82) is 0 Å². The highest BCUT2D eigenvalue weighted by Gasteiger charge is 2.16. The van der Waals surface area contributed by atoms with Crippen LogP contribution in [-0.4, -0.2) is 88.0 Å². The van der Waals surface area contributed by atoms with E-state index in [1.54, 1.807) is 31.0 Å². The summed E-state index contributed by atoms with van der Waals surface area (Å²) >= 11 is 0. The number of aromatic amines is 4. The average Bonchev–Trinajstić information content (AvgIpc) is 2.80. The van der Waals surface area contributed by atoms with Crippen molar-refractivity contribution in [2.24, 2.45) is 0 Å². The lowest BCUT2D eigenvalue weighted by molar-refractivity contribution is 0.617. The van der Waals surface area contributed by atoms with Gasteiger partial charge in [0.2, 0.25) is 11.9 Å². The lowest BCUT2D eigenvalue weighted by Gasteiger charge is -2.10. The number of imidazole rings is 4. The zero-order chi connectivity index (χ0) is 61.6. The van der Waals surface area contributed by atoms with Crippen LogP contribution >= 0.6 is 0 Å². The molecule has 5 aromatic carbocycles. The van der Waals surface area contributed by atoms with E-state index in [9.17, 15) is 19.2 Å². The van der Waals surface area contributed by atoms with Crippen molar-refractivity contribution in [1.82, 2.24) is 88.0 Å². The van der Waals surface area contributed by atoms with Crippen molar-refractivity contribution in [2.75, 3.05) is 22.9 Å². The molecule has 0 aliphatic rings. The Bertz CT molecular complexity index is 5120. The predicted molar refractivity (Wildman–Crippen MR) is 340 cm³/mol. The number of nitrogens with one attached hydrogen (secondary N) is 4. The molecular weight excluding hydrogens is 1090 g/mol. The molecule has 0 unspecified atom stereocenters. The van der Waals surface area contributed by atoms with Crippen molar-refractivity contribution in [2.45, 2.75) is 106 Å². The maximum atomic E-state index is 11.8. The zero-order valence-corrected chi connectivity index (χ0v) is 49.3. The Hall–Kier alpha value is -10.9. The van der Waals surface area contributed by atoms with Gasteiger partial charge in [-0.1, -0.05) is 19.9 Å². The molecular formula is C60H66N22O4. The van der Waals surface area contributed by atoms with Crippen molar-refractivity contribution in [3.05, 3.63) is 151 Å². The topological polar surface area (TPSA) is 384 Å². The standard InChI is InChI=1S/2C12H13N5O.2C12H13N5.C12H14N2O2/c1-6(2)17-5-14-9-3-7-8(4-10(9)17)15-12(13)16-11(7)18;1-6(2)17-5-14-10-8(17)4-3-7-9(10)15-12(18)16-11(7)13;1-7(2)17-6-16-10-3-8-9(4-11(10)17)14-5-15-12(8)13;1-7(2)17-6-15-11-9(17)4-3-8-5-14-12(13)16-10(8)11;1-6(2)8-4-7(3)5-9-10(8)13-12(16)14-11(9)15/h2*3-6H,1-2H3,(H3,13,15,16,18);3-7H,1-2H3,(H2,13,14,15);3-7H,1-2H3,(H2,13,14,16);4-6H,1-3H3,(H2,13,14,15,16). The van der Waals surface area contributed by atoms with Gasteiger partial charge in [-0.25, -0.2) is 54.4 Å². The molecule has 0 spiro atoms. The third-order valence-electron chi connectivity index (χ3n) is 14.4. The van der Waals surface area contributed by atoms with Crippen molar-refractivity contribution >= 4 is 122 Å². The number of nitrogen functional groups attached to an aromatic ring is 4. The van der Waals surface area contributed by atoms with E-state index in [0.29, 0.717) is 57.3 Å². The number of hydrogen-bond donors (Lipinski definition) is 8. The normalized spacial score (nSPS) is 11.6. The van der Waals surface area contributed by atoms with Crippen LogP contribution in [0.15, 0.2) is 118 Å². The van der Waals surface area contributed by atoms with Gasteiger partial charge in [0.1, 0.15) is 34.5 Å². The number of nitrogens with zero attached hydrogens (tertiary/aromatic N) is 14. The van der Waals surface area contributed by atoms with Crippen LogP contribution in [0.2, 0.25) is 0 Å². The first-order valence-corrected chi connectivity index (χ1v) is 27.8. The van der Waals surface area contributed by atoms with Gasteiger partial charge >= 0.3 is 11.4 Å². The van der Waals surface area contributed by atoms with Gasteiger partial charge in [-0.05, 0) is 134 Å². The Labute approximate surface area is 488 Å². The second-order valence-electron chi connectivity index (χ2n) is 22.1. The Morgan fingerprint density at radius 1 is 0.442 bits per heavy atom. The summed E-state index contributed by atoms with van der Waals surface area (Å²) in [5, 5.41) is 3.58. The van der Waals surface area contributed by atoms with Crippen LogP contribution in [0.1, 0.15) is 110 Å². The number of nitrogens with two attached hydrogens (primary N) is 4. The van der Waals surface area contributed by atoms with E-state index in [1.807, 2.05) is 91.1 Å². The fourth-order valence-corrected chi connectivity index (χ4v) is 10.2. The van der Waals surface area contributed by atoms with Crippen LogP contribution < -0.4 is 45.4 Å². The molecule has 86 heavy (non-hydrogen) atoms. The van der Waals surface area contributed by atoms with Crippen LogP contribution in [0.3, 0.4) is 0 Å². The number of benzene rings is 5. The summed E-state index contributed by atoms with van der Waals surface area (Å²) in [5.74, 6) is 1.40. The van der Waals surface area contributed by atoms with Crippen molar-refractivity contribution in [3.8, 4) is 0 Å². The molecule has 14 rings (SSSR count). The first-order chi connectivity index (χ1) is 40.9. The van der Waals surface area contributed by atoms with E-state index in [-0.39, 0.29) is 34.8 Å². The SMILES string of the molecule is CC(C)n1cnc2c3[nH]c(=O)nc(N)c3ccc21.CC(C)n1cnc2c3nc(N)ncc3ccc21.CC(C)n1cnc2cc3c(=O)[nH]c(N)nc3cc21.CC(C)n1cnc2cc3c(N)ncnc3cc21.Cc1cc(C(C)C)c2[nH]c(=O)[nH]c(=O)c2c1. The maximum Gasteiger partial charge on any atom is 0.347 e. The summed E-state index contributed by atoms with van der Waals surface area (Å²) in [6, 6.07) is 20.5. The Morgan fingerprint density at radius 3 is 1.65 bits per heavy atom. The molecule has 14 aromatic rings. The molecule has 0 radical (unpaired) electrons. The quantitative estimate of drug-likeness (QED) is 0.0797. The molecule has 26 nitrogen and oxygen atoms in total. The Kier molecular flexibility index (Phi) is 15.8. The van der Waals surface area contributed by atoms with E-state index in [4.69, 9.17) is 22.9 Å². The molecule has 0 saturated heterocycles. The van der Waals surface area contributed by atoms with E-state index in [0.717, 1.165) is 82.5 Å². The molecule has 0 amide bonds. The molecule has 0 atom stereocenters. The third kappa shape index (κ3) is 11.5. The maximum absolute atomic E-state index is 11.8. The molecule has 26 heteroatoms. The lowest BCUT2D eigenvalue weighted by atomic mass is 9.98. The Morgan fingerprint density at radius 2 is 1.01 bits per heavy atom. The largest absolute Gasteiger partial charge is 0.383 e. The fourth-order valence-electron chi connectivity index (χ4n) is 10.2. The third-order valence-corrected chi connectivity index (χ3v) is 14.4. The molecule has 0 aliphatic carbocycles. The molecule has 12 N–H and O–H groups in total. The smallest absolute Gasteiger partial charge is 0.347 e. The highest BCUT2D eigenvalue weighted by Crippen LogP contribution is 2.29. The van der Waals surface area contributed by atoms with Gasteiger partial charge < -0.3 is 51.2 Å². The minimum Gasteiger partial charge on any atom is -0.383 e. The van der Waals surface area contributed by atoms with E-state index in [1.165, 1.54) is 6.33 Å². The second kappa shape index (κ2) is 23.4. The zero-order valence-electron chi connectivity index (χ0n) is 49.3. The summed E-state index contributed by atoms with van der Waals surface area (Å²) in [5.41, 5.74) is 34.3. The molecule has 440 valence electrons. The summed E-state index contributed by atoms with van der Waals surface area (Å²) in [6.45, 7) is 22.8. The van der Waals surface area contributed by atoms with Gasteiger partial charge in [0.05, 0.1) is 91.2 Å². The van der Waals surface area contributed by atoms with Crippen molar-refractivity contribution in [3.63, 3.8) is 0 Å². The van der Waals surface area contributed by atoms with Crippen molar-refractivity contribution < 1.29 is 0 Å². The minimum absolute atomic E-state index is 0.127. The Balaban J connectivity index is 0.000000119. The van der Waals surface area contributed by atoms with Crippen LogP contribution in [0.4, 0.5) is 23.5 Å². The lowest BCUT2D eigenvalue weighted by Crippen LogP contribution is -2.22. The number of anilines is 4. The predicted octanol–water partition coefficient (Wildman–Crippen LogP) is 8.81. The van der Waals surface area contributed by atoms with Gasteiger partial charge in [0, 0.05) is 46.5 Å². The van der Waals surface area contributed by atoms with Gasteiger partial charge in [0.25, 0.3) is 11.1 Å². The fraction of sp³-hybridized carbons (Fsp3) is 0.267. The van der Waals surface area contributed by atoms with Crippen LogP contribution in [0.5, 0.6) is 0 Å². The summed E-state index contributed by atoms with van der Waals surface area (Å²) in [7, 11) is 0. The number of hydrogen-bond acceptors (Lipinski definition) is 18. The molecule has 9 aromatic heterocycles. The summed E-state index contributed by atoms with van der Waals surface area (Å²) in [4.78, 5) is 98.0. The first kappa shape index (κ1) is 58.3. The minimum atomic E-state index is -0.455. The van der Waals surface area contributed by atoms with Gasteiger partial charge in [0.15, 0.2) is 0 Å². The van der Waals surface area contributed by atoms with E-state index >= 15 is 0 Å². The molecule has 0 saturated carbocycles.